The second-order valence-corrected chi connectivity index (χ2v) is 5.81. The first-order valence-corrected chi connectivity index (χ1v) is 7.86. The number of esters is 1. The smallest absolute Gasteiger partial charge is 0.323 e. The molecular formula is C14H23N3O2S. The lowest BCUT2D eigenvalue weighted by Crippen LogP contribution is -2.42. The van der Waals surface area contributed by atoms with Crippen LogP contribution < -0.4 is 5.32 Å². The summed E-state index contributed by atoms with van der Waals surface area (Å²) in [6.45, 7) is 8.20. The molecule has 20 heavy (non-hydrogen) atoms. The molecule has 1 unspecified atom stereocenters. The fourth-order valence-corrected chi connectivity index (χ4v) is 2.56. The Balaban J connectivity index is 2.47. The molecule has 1 N–H and O–H groups in total. The number of hydrogen-bond acceptors (Lipinski definition) is 6. The van der Waals surface area contributed by atoms with Crippen LogP contribution >= 0.6 is 11.8 Å². The normalized spacial score (nSPS) is 12.4. The van der Waals surface area contributed by atoms with E-state index in [4.69, 9.17) is 4.74 Å². The van der Waals surface area contributed by atoms with Crippen molar-refractivity contribution in [2.75, 3.05) is 12.4 Å². The third kappa shape index (κ3) is 6.34. The highest BCUT2D eigenvalue weighted by Crippen LogP contribution is 2.15. The maximum atomic E-state index is 11.8. The summed E-state index contributed by atoms with van der Waals surface area (Å²) < 4.78 is 5.08. The number of ether oxygens (including phenoxy) is 1. The van der Waals surface area contributed by atoms with Gasteiger partial charge < -0.3 is 10.1 Å². The van der Waals surface area contributed by atoms with Gasteiger partial charge in [0.05, 0.1) is 6.61 Å². The van der Waals surface area contributed by atoms with Crippen molar-refractivity contribution in [3.63, 3.8) is 0 Å². The van der Waals surface area contributed by atoms with E-state index in [0.29, 0.717) is 13.0 Å². The molecule has 0 saturated heterocycles. The number of carbonyl (C=O) groups excluding carboxylic acids is 1. The average molecular weight is 297 g/mol. The minimum Gasteiger partial charge on any atom is -0.465 e. The van der Waals surface area contributed by atoms with Crippen molar-refractivity contribution in [3.05, 3.63) is 18.0 Å². The second-order valence-electron chi connectivity index (χ2n) is 4.74. The summed E-state index contributed by atoms with van der Waals surface area (Å²) in [5.41, 5.74) is 0.949. The fraction of sp³-hybridized carbons (Fsp3) is 0.643. The molecule has 1 aromatic heterocycles. The van der Waals surface area contributed by atoms with Crippen molar-refractivity contribution in [1.82, 2.24) is 15.3 Å². The first-order valence-electron chi connectivity index (χ1n) is 6.88. The van der Waals surface area contributed by atoms with Gasteiger partial charge in [-0.1, -0.05) is 25.6 Å². The highest BCUT2D eigenvalue weighted by atomic mass is 32.2. The zero-order chi connectivity index (χ0) is 15.0. The van der Waals surface area contributed by atoms with Gasteiger partial charge in [-0.3, -0.25) is 4.79 Å². The molecule has 0 aliphatic carbocycles. The van der Waals surface area contributed by atoms with Gasteiger partial charge in [-0.25, -0.2) is 9.97 Å². The lowest BCUT2D eigenvalue weighted by Gasteiger charge is -2.19. The molecule has 0 spiro atoms. The van der Waals surface area contributed by atoms with Crippen LogP contribution in [0.15, 0.2) is 17.4 Å². The van der Waals surface area contributed by atoms with Crippen LogP contribution in [0.5, 0.6) is 0 Å². The van der Waals surface area contributed by atoms with Crippen LogP contribution in [0.1, 0.15) is 32.9 Å². The van der Waals surface area contributed by atoms with Gasteiger partial charge in [-0.05, 0) is 26.3 Å². The van der Waals surface area contributed by atoms with E-state index in [1.807, 2.05) is 33.8 Å². The Kier molecular flexibility index (Phi) is 7.54. The van der Waals surface area contributed by atoms with Gasteiger partial charge in [-0.2, -0.15) is 0 Å². The van der Waals surface area contributed by atoms with Crippen LogP contribution in [0.4, 0.5) is 0 Å². The largest absolute Gasteiger partial charge is 0.465 e. The zero-order valence-corrected chi connectivity index (χ0v) is 13.4. The molecule has 0 amide bonds. The number of nitrogens with zero attached hydrogens (tertiary/aromatic N) is 2. The van der Waals surface area contributed by atoms with E-state index in [-0.39, 0.29) is 18.1 Å². The third-order valence-corrected chi connectivity index (χ3v) is 3.41. The van der Waals surface area contributed by atoms with E-state index in [1.54, 1.807) is 18.0 Å². The number of aromatic nitrogens is 2. The highest BCUT2D eigenvalue weighted by molar-refractivity contribution is 7.99. The van der Waals surface area contributed by atoms with Crippen molar-refractivity contribution in [2.24, 2.45) is 0 Å². The first-order chi connectivity index (χ1) is 9.52. The first kappa shape index (κ1) is 16.9. The Labute approximate surface area is 124 Å². The lowest BCUT2D eigenvalue weighted by molar-refractivity contribution is -0.145. The predicted molar refractivity (Wildman–Crippen MR) is 80.8 cm³/mol. The van der Waals surface area contributed by atoms with Crippen LogP contribution in [-0.2, 0) is 9.53 Å². The molecule has 0 radical (unpaired) electrons. The Hall–Kier alpha value is -1.14. The summed E-state index contributed by atoms with van der Waals surface area (Å²) in [5, 5.41) is 3.98. The highest BCUT2D eigenvalue weighted by Gasteiger charge is 2.20. The Morgan fingerprint density at radius 3 is 2.85 bits per heavy atom. The minimum atomic E-state index is -0.271. The minimum absolute atomic E-state index is 0.188. The van der Waals surface area contributed by atoms with Crippen molar-refractivity contribution >= 4 is 17.7 Å². The molecule has 112 valence electrons. The van der Waals surface area contributed by atoms with Gasteiger partial charge in [0.25, 0.3) is 0 Å². The standard InChI is InChI=1S/C14H23N3O2S/c1-5-19-13(18)12(16-10(2)3)7-9-20-14-15-8-6-11(4)17-14/h6,8,10,12,16H,5,7,9H2,1-4H3. The Morgan fingerprint density at radius 1 is 1.50 bits per heavy atom. The molecule has 0 aromatic carbocycles. The van der Waals surface area contributed by atoms with E-state index in [9.17, 15) is 4.79 Å². The summed E-state index contributed by atoms with van der Waals surface area (Å²) in [4.78, 5) is 20.4. The molecule has 6 heteroatoms. The maximum Gasteiger partial charge on any atom is 0.323 e. The summed E-state index contributed by atoms with van der Waals surface area (Å²) >= 11 is 1.56. The van der Waals surface area contributed by atoms with Crippen LogP contribution in [0.2, 0.25) is 0 Å². The molecular weight excluding hydrogens is 274 g/mol. The topological polar surface area (TPSA) is 64.1 Å². The van der Waals surface area contributed by atoms with Crippen LogP contribution in [0.3, 0.4) is 0 Å². The van der Waals surface area contributed by atoms with Gasteiger partial charge in [-0.15, -0.1) is 0 Å². The van der Waals surface area contributed by atoms with Crippen molar-refractivity contribution in [3.8, 4) is 0 Å². The van der Waals surface area contributed by atoms with Crippen molar-refractivity contribution in [1.29, 1.82) is 0 Å². The molecule has 1 atom stereocenters. The molecule has 0 bridgehead atoms. The van der Waals surface area contributed by atoms with Crippen LogP contribution in [0, 0.1) is 6.92 Å². The molecule has 5 nitrogen and oxygen atoms in total. The number of aryl methyl sites for hydroxylation is 1. The van der Waals surface area contributed by atoms with Crippen LogP contribution in [0.25, 0.3) is 0 Å². The SMILES string of the molecule is CCOC(=O)C(CCSc1nccc(C)n1)NC(C)C. The third-order valence-electron chi connectivity index (χ3n) is 2.52. The predicted octanol–water partition coefficient (Wildman–Crippen LogP) is 2.20. The van der Waals surface area contributed by atoms with Crippen molar-refractivity contribution in [2.45, 2.75) is 51.4 Å². The van der Waals surface area contributed by atoms with Crippen LogP contribution in [-0.4, -0.2) is 40.4 Å². The Bertz CT molecular complexity index is 427. The van der Waals surface area contributed by atoms with Gasteiger partial charge in [0.1, 0.15) is 6.04 Å². The summed E-state index contributed by atoms with van der Waals surface area (Å²) in [5.74, 6) is 0.582. The molecule has 0 saturated carbocycles. The number of thioether (sulfide) groups is 1. The van der Waals surface area contributed by atoms with Gasteiger partial charge >= 0.3 is 5.97 Å². The fourth-order valence-electron chi connectivity index (χ4n) is 1.68. The number of hydrogen-bond donors (Lipinski definition) is 1. The monoisotopic (exact) mass is 297 g/mol. The van der Waals surface area contributed by atoms with E-state index < -0.39 is 0 Å². The number of nitrogens with one attached hydrogen (secondary N) is 1. The van der Waals surface area contributed by atoms with E-state index in [2.05, 4.69) is 15.3 Å². The molecule has 0 aliphatic rings. The molecule has 1 heterocycles. The molecule has 0 aliphatic heterocycles. The second kappa shape index (κ2) is 8.92. The number of rotatable bonds is 8. The zero-order valence-electron chi connectivity index (χ0n) is 12.5. The summed E-state index contributed by atoms with van der Waals surface area (Å²) in [6, 6.07) is 1.84. The van der Waals surface area contributed by atoms with Gasteiger partial charge in [0, 0.05) is 23.7 Å². The number of carbonyl (C=O) groups is 1. The Morgan fingerprint density at radius 2 is 2.25 bits per heavy atom. The summed E-state index contributed by atoms with van der Waals surface area (Å²) in [7, 11) is 0. The summed E-state index contributed by atoms with van der Waals surface area (Å²) in [6.07, 6.45) is 2.44. The average Bonchev–Trinajstić information content (AvgIpc) is 2.37. The maximum absolute atomic E-state index is 11.8. The van der Waals surface area contributed by atoms with Gasteiger partial charge in [0.15, 0.2) is 5.16 Å². The van der Waals surface area contributed by atoms with E-state index >= 15 is 0 Å². The molecule has 0 fully saturated rings. The molecule has 1 aromatic rings. The van der Waals surface area contributed by atoms with Crippen molar-refractivity contribution < 1.29 is 9.53 Å². The quantitative estimate of drug-likeness (QED) is 0.451. The van der Waals surface area contributed by atoms with Gasteiger partial charge in [0.2, 0.25) is 0 Å². The van der Waals surface area contributed by atoms with E-state index in [0.717, 1.165) is 16.6 Å². The molecule has 1 rings (SSSR count). The lowest BCUT2D eigenvalue weighted by atomic mass is 10.2. The van der Waals surface area contributed by atoms with E-state index in [1.165, 1.54) is 0 Å².